The Bertz CT molecular complexity index is 1230. The highest BCUT2D eigenvalue weighted by Gasteiger charge is 2.34. The molecule has 2 heterocycles. The fourth-order valence-electron chi connectivity index (χ4n) is 4.50. The first-order valence-electron chi connectivity index (χ1n) is 13.0. The topological polar surface area (TPSA) is 106 Å². The lowest BCUT2D eigenvalue weighted by molar-refractivity contribution is -0.140. The van der Waals surface area contributed by atoms with E-state index in [1.54, 1.807) is 0 Å². The number of rotatable bonds is 9. The number of nitrogens with zero attached hydrogens (tertiary/aromatic N) is 4. The normalized spacial score (nSPS) is 13.4. The summed E-state index contributed by atoms with van der Waals surface area (Å²) in [7, 11) is 1.32. The number of aromatic nitrogens is 1. The molecule has 1 aromatic carbocycles. The summed E-state index contributed by atoms with van der Waals surface area (Å²) in [6.07, 6.45) is -3.61. The highest BCUT2D eigenvalue weighted by molar-refractivity contribution is 5.81. The molecule has 0 saturated carbocycles. The van der Waals surface area contributed by atoms with Crippen LogP contribution in [0.5, 0.6) is 0 Å². The summed E-state index contributed by atoms with van der Waals surface area (Å²) in [5.41, 5.74) is 1.27. The molecule has 1 aliphatic rings. The quantitative estimate of drug-likeness (QED) is 0.466. The third-order valence-corrected chi connectivity index (χ3v) is 6.65. The van der Waals surface area contributed by atoms with Crippen molar-refractivity contribution in [3.05, 3.63) is 58.9 Å². The number of hydrogen-bond acceptors (Lipinski definition) is 5. The Morgan fingerprint density at radius 2 is 1.82 bits per heavy atom. The predicted octanol–water partition coefficient (Wildman–Crippen LogP) is 4.47. The molecule has 2 aromatic rings. The molecule has 1 aliphatic heterocycles. The summed E-state index contributed by atoms with van der Waals surface area (Å²) in [6.45, 7) is 6.20. The number of amides is 3. The lowest BCUT2D eigenvalue weighted by Crippen LogP contribution is -2.41. The van der Waals surface area contributed by atoms with Gasteiger partial charge in [-0.25, -0.2) is 4.79 Å². The Balaban J connectivity index is 1.74. The second-order valence-corrected chi connectivity index (χ2v) is 11.1. The first-order chi connectivity index (χ1) is 18.7. The maximum absolute atomic E-state index is 13.5. The number of alkyl halides is 3. The van der Waals surface area contributed by atoms with E-state index < -0.39 is 30.3 Å². The van der Waals surface area contributed by atoms with Crippen LogP contribution in [0.2, 0.25) is 0 Å². The van der Waals surface area contributed by atoms with Crippen molar-refractivity contribution in [2.45, 2.75) is 52.9 Å². The van der Waals surface area contributed by atoms with Gasteiger partial charge in [0, 0.05) is 51.5 Å². The van der Waals surface area contributed by atoms with Gasteiger partial charge in [-0.15, -0.1) is 0 Å². The van der Waals surface area contributed by atoms with E-state index in [0.29, 0.717) is 31.6 Å². The number of nitrogens with one attached hydrogen (secondary N) is 1. The average molecular weight is 564 g/mol. The number of benzene rings is 1. The molecule has 0 radical (unpaired) electrons. The Labute approximate surface area is 232 Å². The van der Waals surface area contributed by atoms with Crippen molar-refractivity contribution in [3.63, 3.8) is 0 Å². The van der Waals surface area contributed by atoms with Crippen molar-refractivity contribution >= 4 is 23.6 Å². The first-order valence-corrected chi connectivity index (χ1v) is 13.0. The summed E-state index contributed by atoms with van der Waals surface area (Å²) in [5, 5.41) is 12.3. The zero-order valence-corrected chi connectivity index (χ0v) is 23.2. The molecule has 9 nitrogen and oxygen atoms in total. The molecule has 0 bridgehead atoms. The van der Waals surface area contributed by atoms with Gasteiger partial charge in [-0.1, -0.05) is 32.9 Å². The van der Waals surface area contributed by atoms with Crippen LogP contribution in [0, 0.1) is 5.41 Å². The van der Waals surface area contributed by atoms with Gasteiger partial charge >= 0.3 is 12.3 Å². The minimum atomic E-state index is -4.65. The molecule has 0 aliphatic carbocycles. The monoisotopic (exact) mass is 563 g/mol. The summed E-state index contributed by atoms with van der Waals surface area (Å²) in [6, 6.07) is 7.66. The zero-order chi connectivity index (χ0) is 29.7. The molecule has 0 spiro atoms. The highest BCUT2D eigenvalue weighted by Crippen LogP contribution is 2.32. The molecule has 0 unspecified atom stereocenters. The maximum atomic E-state index is 13.5. The van der Waals surface area contributed by atoms with Crippen LogP contribution in [-0.2, 0) is 35.3 Å². The number of hydrogen-bond donors (Lipinski definition) is 2. The van der Waals surface area contributed by atoms with E-state index in [-0.39, 0.29) is 36.7 Å². The third-order valence-electron chi connectivity index (χ3n) is 6.65. The van der Waals surface area contributed by atoms with Gasteiger partial charge < -0.3 is 25.1 Å². The molecule has 12 heteroatoms. The molecule has 218 valence electrons. The van der Waals surface area contributed by atoms with Crippen molar-refractivity contribution in [2.75, 3.05) is 38.5 Å². The van der Waals surface area contributed by atoms with E-state index >= 15 is 0 Å². The largest absolute Gasteiger partial charge is 0.465 e. The second kappa shape index (κ2) is 12.6. The molecular weight excluding hydrogens is 527 g/mol. The van der Waals surface area contributed by atoms with Crippen molar-refractivity contribution in [1.29, 1.82) is 0 Å². The molecule has 0 atom stereocenters. The van der Waals surface area contributed by atoms with E-state index in [4.69, 9.17) is 0 Å². The van der Waals surface area contributed by atoms with Crippen LogP contribution in [0.4, 0.5) is 23.7 Å². The lowest BCUT2D eigenvalue weighted by Gasteiger charge is -2.32. The fraction of sp³-hybridized carbons (Fsp3) is 0.500. The fourth-order valence-corrected chi connectivity index (χ4v) is 4.50. The summed E-state index contributed by atoms with van der Waals surface area (Å²) in [5.74, 6) is -0.422. The Kier molecular flexibility index (Phi) is 9.65. The Morgan fingerprint density at radius 3 is 2.48 bits per heavy atom. The van der Waals surface area contributed by atoms with Gasteiger partial charge in [0.1, 0.15) is 0 Å². The van der Waals surface area contributed by atoms with E-state index in [1.165, 1.54) is 24.2 Å². The van der Waals surface area contributed by atoms with Gasteiger partial charge in [-0.2, -0.15) is 13.2 Å². The highest BCUT2D eigenvalue weighted by atomic mass is 19.4. The van der Waals surface area contributed by atoms with E-state index in [2.05, 4.69) is 10.3 Å². The zero-order valence-electron chi connectivity index (χ0n) is 23.2. The van der Waals surface area contributed by atoms with Crippen LogP contribution in [0.3, 0.4) is 0 Å². The minimum absolute atomic E-state index is 0.0846. The van der Waals surface area contributed by atoms with Gasteiger partial charge in [0.25, 0.3) is 0 Å². The van der Waals surface area contributed by atoms with E-state index in [1.807, 2.05) is 43.9 Å². The molecule has 2 N–H and O–H groups in total. The number of carbonyl (C=O) groups is 3. The number of pyridine rings is 1. The number of fused-ring (bicyclic) bond motifs is 1. The Hall–Kier alpha value is -3.83. The summed E-state index contributed by atoms with van der Waals surface area (Å²) in [4.78, 5) is 45.0. The van der Waals surface area contributed by atoms with Crippen molar-refractivity contribution in [1.82, 2.24) is 19.7 Å². The SMILES string of the molecule is CN(CCN(Cc1ncccc1C(F)(F)F)C(=O)CNc1cccc2c1CCN(C(=O)CC(C)(C)C)C2)C(=O)O. The molecule has 3 amide bonds. The molecule has 3 rings (SSSR count). The summed E-state index contributed by atoms with van der Waals surface area (Å²) >= 11 is 0. The van der Waals surface area contributed by atoms with Crippen LogP contribution < -0.4 is 5.32 Å². The van der Waals surface area contributed by atoms with Gasteiger partial charge in [-0.05, 0) is 41.2 Å². The van der Waals surface area contributed by atoms with Gasteiger partial charge in [0.05, 0.1) is 24.3 Å². The molecule has 40 heavy (non-hydrogen) atoms. The van der Waals surface area contributed by atoms with Crippen molar-refractivity contribution in [3.8, 4) is 0 Å². The van der Waals surface area contributed by atoms with Gasteiger partial charge in [0.15, 0.2) is 0 Å². The molecule has 0 fully saturated rings. The standard InChI is InChI=1S/C28H36F3N5O4/c1-27(2,3)15-24(37)35-12-10-20-19(17-35)7-5-9-22(20)33-16-25(38)36(14-13-34(4)26(39)40)18-23-21(28(29,30)31)8-6-11-32-23/h5-9,11,33H,10,12-18H2,1-4H3,(H,39,40). The van der Waals surface area contributed by atoms with Crippen LogP contribution >= 0.6 is 0 Å². The number of likely N-dealkylation sites (N-methyl/N-ethyl adjacent to an activating group) is 1. The van der Waals surface area contributed by atoms with Crippen LogP contribution in [0.1, 0.15) is 49.6 Å². The molecule has 0 saturated heterocycles. The average Bonchev–Trinajstić information content (AvgIpc) is 2.87. The number of anilines is 1. The third kappa shape index (κ3) is 8.33. The van der Waals surface area contributed by atoms with Crippen LogP contribution in [-0.4, -0.2) is 75.9 Å². The van der Waals surface area contributed by atoms with Crippen molar-refractivity contribution < 1.29 is 32.7 Å². The number of carbonyl (C=O) groups excluding carboxylic acids is 2. The van der Waals surface area contributed by atoms with Gasteiger partial charge in [-0.3, -0.25) is 14.6 Å². The minimum Gasteiger partial charge on any atom is -0.465 e. The van der Waals surface area contributed by atoms with E-state index in [9.17, 15) is 32.7 Å². The second-order valence-electron chi connectivity index (χ2n) is 11.1. The van der Waals surface area contributed by atoms with Gasteiger partial charge in [0.2, 0.25) is 11.8 Å². The van der Waals surface area contributed by atoms with E-state index in [0.717, 1.165) is 22.1 Å². The predicted molar refractivity (Wildman–Crippen MR) is 143 cm³/mol. The Morgan fingerprint density at radius 1 is 1.10 bits per heavy atom. The van der Waals surface area contributed by atoms with Crippen LogP contribution in [0.15, 0.2) is 36.5 Å². The van der Waals surface area contributed by atoms with Crippen molar-refractivity contribution in [2.24, 2.45) is 5.41 Å². The smallest absolute Gasteiger partial charge is 0.418 e. The molecule has 1 aromatic heterocycles. The first kappa shape index (κ1) is 30.7. The number of carboxylic acid groups (broad SMARTS) is 1. The number of halogens is 3. The lowest BCUT2D eigenvalue weighted by atomic mass is 9.90. The molecular formula is C28H36F3N5O4. The summed E-state index contributed by atoms with van der Waals surface area (Å²) < 4.78 is 40.6. The van der Waals surface area contributed by atoms with Crippen LogP contribution in [0.25, 0.3) is 0 Å². The maximum Gasteiger partial charge on any atom is 0.418 e.